The van der Waals surface area contributed by atoms with Crippen LogP contribution in [-0.2, 0) is 15.9 Å². The fourth-order valence-corrected chi connectivity index (χ4v) is 3.71. The molecular weight excluding hydrogens is 323 g/mol. The molecule has 5 nitrogen and oxygen atoms in total. The average molecular weight is 350 g/mol. The molecule has 1 amide bonds. The molecule has 0 aromatic heterocycles. The van der Waals surface area contributed by atoms with E-state index in [0.29, 0.717) is 12.6 Å². The molecule has 25 heavy (non-hydrogen) atoms. The predicted octanol–water partition coefficient (Wildman–Crippen LogP) is 2.69. The van der Waals surface area contributed by atoms with E-state index in [0.717, 1.165) is 57.6 Å². The van der Waals surface area contributed by atoms with Gasteiger partial charge in [-0.25, -0.2) is 9.18 Å². The van der Waals surface area contributed by atoms with Gasteiger partial charge in [-0.2, -0.15) is 0 Å². The molecule has 3 rings (SSSR count). The summed E-state index contributed by atoms with van der Waals surface area (Å²) in [5, 5.41) is 0. The van der Waals surface area contributed by atoms with Crippen molar-refractivity contribution >= 4 is 6.09 Å². The van der Waals surface area contributed by atoms with Crippen molar-refractivity contribution in [2.75, 3.05) is 39.4 Å². The molecule has 0 unspecified atom stereocenters. The number of carbonyl (C=O) groups excluding carboxylic acids is 1. The first kappa shape index (κ1) is 18.1. The lowest BCUT2D eigenvalue weighted by Crippen LogP contribution is -2.52. The fraction of sp³-hybridized carbons (Fsp3) is 0.632. The number of nitrogens with zero attached hydrogens (tertiary/aromatic N) is 2. The van der Waals surface area contributed by atoms with Crippen LogP contribution in [0.3, 0.4) is 0 Å². The lowest BCUT2D eigenvalue weighted by molar-refractivity contribution is -0.0507. The van der Waals surface area contributed by atoms with E-state index >= 15 is 0 Å². The Morgan fingerprint density at radius 1 is 1.24 bits per heavy atom. The zero-order chi connectivity index (χ0) is 17.6. The van der Waals surface area contributed by atoms with Crippen LogP contribution in [0.15, 0.2) is 24.3 Å². The summed E-state index contributed by atoms with van der Waals surface area (Å²) in [5.41, 5.74) is 1.10. The van der Waals surface area contributed by atoms with E-state index in [9.17, 15) is 9.18 Å². The van der Waals surface area contributed by atoms with Gasteiger partial charge in [-0.15, -0.1) is 0 Å². The Labute approximate surface area is 148 Å². The molecule has 138 valence electrons. The third-order valence-corrected chi connectivity index (χ3v) is 5.05. The van der Waals surface area contributed by atoms with Crippen molar-refractivity contribution < 1.29 is 18.7 Å². The normalized spacial score (nSPS) is 22.8. The lowest BCUT2D eigenvalue weighted by Gasteiger charge is -2.42. The fourth-order valence-electron chi connectivity index (χ4n) is 3.71. The molecule has 2 saturated heterocycles. The molecular formula is C19H27FN2O3. The Balaban J connectivity index is 1.48. The van der Waals surface area contributed by atoms with Gasteiger partial charge in [-0.1, -0.05) is 12.1 Å². The molecule has 6 heteroatoms. The van der Waals surface area contributed by atoms with Gasteiger partial charge in [-0.05, 0) is 43.9 Å². The number of halogens is 1. The Morgan fingerprint density at radius 3 is 2.64 bits per heavy atom. The molecule has 2 heterocycles. The number of hydrogen-bond donors (Lipinski definition) is 0. The summed E-state index contributed by atoms with van der Waals surface area (Å²) in [6.45, 7) is 6.31. The average Bonchev–Trinajstić information content (AvgIpc) is 2.64. The Hall–Kier alpha value is -1.66. The second-order valence-corrected chi connectivity index (χ2v) is 6.74. The van der Waals surface area contributed by atoms with Crippen LogP contribution in [-0.4, -0.2) is 67.4 Å². The van der Waals surface area contributed by atoms with Gasteiger partial charge < -0.3 is 14.4 Å². The quantitative estimate of drug-likeness (QED) is 0.837. The molecule has 0 saturated carbocycles. The van der Waals surface area contributed by atoms with Gasteiger partial charge >= 0.3 is 6.09 Å². The van der Waals surface area contributed by atoms with E-state index < -0.39 is 0 Å². The van der Waals surface area contributed by atoms with E-state index in [4.69, 9.17) is 9.47 Å². The van der Waals surface area contributed by atoms with E-state index in [1.165, 1.54) is 12.1 Å². The summed E-state index contributed by atoms with van der Waals surface area (Å²) < 4.78 is 24.0. The summed E-state index contributed by atoms with van der Waals surface area (Å²) in [7, 11) is 0. The number of ether oxygens (including phenoxy) is 2. The van der Waals surface area contributed by atoms with Crippen LogP contribution in [0.4, 0.5) is 9.18 Å². The minimum Gasteiger partial charge on any atom is -0.450 e. The molecule has 0 aliphatic carbocycles. The zero-order valence-corrected chi connectivity index (χ0v) is 14.8. The SMILES string of the molecule is CCOC(=O)N1CCC(N2CCO[C@H](Cc3ccc(F)cc3)C2)CC1. The molecule has 2 aliphatic heterocycles. The molecule has 1 aromatic carbocycles. The van der Waals surface area contributed by atoms with Gasteiger partial charge in [0.15, 0.2) is 0 Å². The highest BCUT2D eigenvalue weighted by Crippen LogP contribution is 2.21. The van der Waals surface area contributed by atoms with Crippen molar-refractivity contribution in [3.8, 4) is 0 Å². The molecule has 0 N–H and O–H groups in total. The van der Waals surface area contributed by atoms with Crippen LogP contribution < -0.4 is 0 Å². The first-order valence-corrected chi connectivity index (χ1v) is 9.17. The van der Waals surface area contributed by atoms with Crippen LogP contribution in [0.1, 0.15) is 25.3 Å². The van der Waals surface area contributed by atoms with Crippen molar-refractivity contribution in [2.45, 2.75) is 38.3 Å². The van der Waals surface area contributed by atoms with Crippen molar-refractivity contribution in [1.82, 2.24) is 9.80 Å². The summed E-state index contributed by atoms with van der Waals surface area (Å²) in [6.07, 6.45) is 2.70. The summed E-state index contributed by atoms with van der Waals surface area (Å²) in [5.74, 6) is -0.205. The van der Waals surface area contributed by atoms with Gasteiger partial charge in [0.1, 0.15) is 5.82 Å². The second-order valence-electron chi connectivity index (χ2n) is 6.74. The Morgan fingerprint density at radius 2 is 1.96 bits per heavy atom. The molecule has 0 radical (unpaired) electrons. The maximum atomic E-state index is 13.0. The molecule has 0 bridgehead atoms. The summed E-state index contributed by atoms with van der Waals surface area (Å²) >= 11 is 0. The van der Waals surface area contributed by atoms with Gasteiger partial charge in [-0.3, -0.25) is 4.90 Å². The van der Waals surface area contributed by atoms with Gasteiger partial charge in [0.05, 0.1) is 19.3 Å². The highest BCUT2D eigenvalue weighted by Gasteiger charge is 2.31. The van der Waals surface area contributed by atoms with Crippen LogP contribution >= 0.6 is 0 Å². The van der Waals surface area contributed by atoms with Crippen LogP contribution in [0, 0.1) is 5.82 Å². The topological polar surface area (TPSA) is 42.0 Å². The van der Waals surface area contributed by atoms with Gasteiger partial charge in [0.2, 0.25) is 0 Å². The zero-order valence-electron chi connectivity index (χ0n) is 14.8. The summed E-state index contributed by atoms with van der Waals surface area (Å²) in [4.78, 5) is 16.1. The monoisotopic (exact) mass is 350 g/mol. The van der Waals surface area contributed by atoms with Crippen molar-refractivity contribution in [2.24, 2.45) is 0 Å². The first-order valence-electron chi connectivity index (χ1n) is 9.17. The highest BCUT2D eigenvalue weighted by atomic mass is 19.1. The number of benzene rings is 1. The standard InChI is InChI=1S/C19H27FN2O3/c1-2-24-19(23)21-9-7-17(8-10-21)22-11-12-25-18(14-22)13-15-3-5-16(20)6-4-15/h3-6,17-18H,2,7-14H2,1H3/t18-/m1/s1. The van der Waals surface area contributed by atoms with Crippen molar-refractivity contribution in [3.63, 3.8) is 0 Å². The summed E-state index contributed by atoms with van der Waals surface area (Å²) in [6, 6.07) is 7.15. The Kier molecular flexibility index (Phi) is 6.26. The number of piperidine rings is 1. The van der Waals surface area contributed by atoms with Crippen molar-refractivity contribution in [3.05, 3.63) is 35.6 Å². The molecule has 0 spiro atoms. The maximum Gasteiger partial charge on any atom is 0.409 e. The minimum absolute atomic E-state index is 0.141. The number of likely N-dealkylation sites (tertiary alicyclic amines) is 1. The van der Waals surface area contributed by atoms with Crippen molar-refractivity contribution in [1.29, 1.82) is 0 Å². The van der Waals surface area contributed by atoms with Crippen LogP contribution in [0.25, 0.3) is 0 Å². The molecule has 1 aromatic rings. The van der Waals surface area contributed by atoms with E-state index in [-0.39, 0.29) is 18.0 Å². The Bertz CT molecular complexity index is 558. The van der Waals surface area contributed by atoms with E-state index in [1.54, 1.807) is 4.90 Å². The predicted molar refractivity (Wildman–Crippen MR) is 93.0 cm³/mol. The number of hydrogen-bond acceptors (Lipinski definition) is 4. The lowest BCUT2D eigenvalue weighted by atomic mass is 10.0. The molecule has 1 atom stereocenters. The minimum atomic E-state index is -0.205. The van der Waals surface area contributed by atoms with Crippen LogP contribution in [0.2, 0.25) is 0 Å². The van der Waals surface area contributed by atoms with Crippen LogP contribution in [0.5, 0.6) is 0 Å². The largest absolute Gasteiger partial charge is 0.450 e. The number of carbonyl (C=O) groups is 1. The van der Waals surface area contributed by atoms with E-state index in [2.05, 4.69) is 4.90 Å². The van der Waals surface area contributed by atoms with E-state index in [1.807, 2.05) is 19.1 Å². The third-order valence-electron chi connectivity index (χ3n) is 5.05. The van der Waals surface area contributed by atoms with Gasteiger partial charge in [0.25, 0.3) is 0 Å². The highest BCUT2D eigenvalue weighted by molar-refractivity contribution is 5.67. The molecule has 2 aliphatic rings. The maximum absolute atomic E-state index is 13.0. The smallest absolute Gasteiger partial charge is 0.409 e. The third kappa shape index (κ3) is 4.92. The molecule has 2 fully saturated rings. The number of morpholine rings is 1. The van der Waals surface area contributed by atoms with Gasteiger partial charge in [0, 0.05) is 32.2 Å². The number of amides is 1. The second kappa shape index (κ2) is 8.63. The number of rotatable bonds is 4. The first-order chi connectivity index (χ1) is 12.2.